The number of nitrogens with zero attached hydrogens (tertiary/aromatic N) is 2. The van der Waals surface area contributed by atoms with Crippen LogP contribution in [0.25, 0.3) is 0 Å². The van der Waals surface area contributed by atoms with Crippen molar-refractivity contribution in [2.45, 2.75) is 26.8 Å². The lowest BCUT2D eigenvalue weighted by molar-refractivity contribution is 0.0624. The fourth-order valence-corrected chi connectivity index (χ4v) is 4.44. The lowest BCUT2D eigenvalue weighted by atomic mass is 10.1. The smallest absolute Gasteiger partial charge is 0.262 e. The monoisotopic (exact) mass is 484 g/mol. The maximum absolute atomic E-state index is 13.1. The summed E-state index contributed by atoms with van der Waals surface area (Å²) in [6, 6.07) is 12.4. The second-order valence-electron chi connectivity index (χ2n) is 7.97. The number of hydrogen-bond acceptors (Lipinski definition) is 4. The van der Waals surface area contributed by atoms with Gasteiger partial charge >= 0.3 is 0 Å². The van der Waals surface area contributed by atoms with Crippen LogP contribution in [0.15, 0.2) is 42.5 Å². The van der Waals surface area contributed by atoms with E-state index in [1.165, 1.54) is 12.1 Å². The SMILES string of the molecule is COc1ccc(CCn2c(C)cc(C(=O)CN3C(=O)c4cc(Cl)c(Cl)cc4C3=O)c2C)cc1. The second kappa shape index (κ2) is 9.04. The van der Waals surface area contributed by atoms with Crippen molar-refractivity contribution in [3.63, 3.8) is 0 Å². The quantitative estimate of drug-likeness (QED) is 0.343. The summed E-state index contributed by atoms with van der Waals surface area (Å²) in [6.45, 7) is 4.16. The third kappa shape index (κ3) is 4.28. The van der Waals surface area contributed by atoms with Gasteiger partial charge in [0.2, 0.25) is 0 Å². The van der Waals surface area contributed by atoms with Crippen LogP contribution in [0.3, 0.4) is 0 Å². The largest absolute Gasteiger partial charge is 0.497 e. The zero-order chi connectivity index (χ0) is 23.9. The molecule has 1 aromatic heterocycles. The van der Waals surface area contributed by atoms with E-state index in [9.17, 15) is 14.4 Å². The standard InChI is InChI=1S/C25H22Cl2N2O4/c1-14-10-18(15(2)28(14)9-8-16-4-6-17(33-3)7-5-16)23(30)13-29-24(31)19-11-21(26)22(27)12-20(19)25(29)32/h4-7,10-12H,8-9,13H2,1-3H3. The number of fused-ring (bicyclic) bond motifs is 1. The van der Waals surface area contributed by atoms with E-state index in [1.54, 1.807) is 13.2 Å². The topological polar surface area (TPSA) is 68.6 Å². The van der Waals surface area contributed by atoms with Crippen molar-refractivity contribution in [2.24, 2.45) is 0 Å². The van der Waals surface area contributed by atoms with E-state index in [4.69, 9.17) is 27.9 Å². The molecule has 170 valence electrons. The number of rotatable bonds is 7. The molecule has 0 bridgehead atoms. The number of imide groups is 1. The molecule has 4 rings (SSSR count). The molecule has 1 aliphatic heterocycles. The molecule has 2 heterocycles. The number of carbonyl (C=O) groups is 3. The number of methoxy groups -OCH3 is 1. The molecule has 0 N–H and O–H groups in total. The summed E-state index contributed by atoms with van der Waals surface area (Å²) in [6.07, 6.45) is 0.786. The van der Waals surface area contributed by atoms with Crippen LogP contribution in [0.4, 0.5) is 0 Å². The summed E-state index contributed by atoms with van der Waals surface area (Å²) in [7, 11) is 1.63. The Hall–Kier alpha value is -3.09. The first-order valence-corrected chi connectivity index (χ1v) is 11.1. The molecule has 0 saturated heterocycles. The van der Waals surface area contributed by atoms with Crippen molar-refractivity contribution in [3.05, 3.63) is 86.2 Å². The Labute approximate surface area is 201 Å². The van der Waals surface area contributed by atoms with Crippen LogP contribution < -0.4 is 4.74 Å². The van der Waals surface area contributed by atoms with Crippen molar-refractivity contribution < 1.29 is 19.1 Å². The number of benzene rings is 2. The number of aromatic nitrogens is 1. The molecule has 3 aromatic rings. The lowest BCUT2D eigenvalue weighted by Gasteiger charge is -2.13. The Bertz CT molecular complexity index is 1240. The van der Waals surface area contributed by atoms with Gasteiger partial charge in [-0.1, -0.05) is 35.3 Å². The minimum atomic E-state index is -0.546. The zero-order valence-electron chi connectivity index (χ0n) is 18.4. The van der Waals surface area contributed by atoms with Crippen molar-refractivity contribution >= 4 is 40.8 Å². The number of ether oxygens (including phenoxy) is 1. The van der Waals surface area contributed by atoms with E-state index in [1.807, 2.05) is 38.1 Å². The second-order valence-corrected chi connectivity index (χ2v) is 8.78. The fourth-order valence-electron chi connectivity index (χ4n) is 4.12. The molecule has 0 atom stereocenters. The summed E-state index contributed by atoms with van der Waals surface area (Å²) in [4.78, 5) is 39.5. The summed E-state index contributed by atoms with van der Waals surface area (Å²) >= 11 is 12.0. The number of carbonyl (C=O) groups excluding carboxylic acids is 3. The van der Waals surface area contributed by atoms with Gasteiger partial charge in [0.15, 0.2) is 5.78 Å². The Balaban J connectivity index is 1.50. The van der Waals surface area contributed by atoms with E-state index < -0.39 is 11.8 Å². The minimum Gasteiger partial charge on any atom is -0.497 e. The number of amides is 2. The molecular formula is C25H22Cl2N2O4. The van der Waals surface area contributed by atoms with E-state index in [-0.39, 0.29) is 33.5 Å². The number of ketones is 1. The predicted octanol–water partition coefficient (Wildman–Crippen LogP) is 5.14. The van der Waals surface area contributed by atoms with Gasteiger partial charge in [-0.3, -0.25) is 19.3 Å². The third-order valence-electron chi connectivity index (χ3n) is 5.97. The van der Waals surface area contributed by atoms with E-state index in [0.29, 0.717) is 12.1 Å². The molecule has 6 nitrogen and oxygen atoms in total. The Morgan fingerprint density at radius 1 is 0.939 bits per heavy atom. The van der Waals surface area contributed by atoms with Gasteiger partial charge in [0.1, 0.15) is 5.75 Å². The molecule has 0 aliphatic carbocycles. The molecule has 0 spiro atoms. The van der Waals surface area contributed by atoms with Gasteiger partial charge in [-0.05, 0) is 56.2 Å². The highest BCUT2D eigenvalue weighted by molar-refractivity contribution is 6.43. The van der Waals surface area contributed by atoms with E-state index in [2.05, 4.69) is 4.57 Å². The molecule has 33 heavy (non-hydrogen) atoms. The Morgan fingerprint density at radius 3 is 2.06 bits per heavy atom. The van der Waals surface area contributed by atoms with Crippen molar-refractivity contribution in [2.75, 3.05) is 13.7 Å². The fraction of sp³-hybridized carbons (Fsp3) is 0.240. The van der Waals surface area contributed by atoms with Gasteiger partial charge < -0.3 is 9.30 Å². The number of aryl methyl sites for hydroxylation is 2. The van der Waals surface area contributed by atoms with Crippen LogP contribution in [0.5, 0.6) is 5.75 Å². The summed E-state index contributed by atoms with van der Waals surface area (Å²) < 4.78 is 7.26. The van der Waals surface area contributed by atoms with Crippen LogP contribution in [0.2, 0.25) is 10.0 Å². The van der Waals surface area contributed by atoms with Gasteiger partial charge in [-0.15, -0.1) is 0 Å². The molecule has 8 heteroatoms. The van der Waals surface area contributed by atoms with Crippen LogP contribution in [0.1, 0.15) is 48.0 Å². The van der Waals surface area contributed by atoms with Gasteiger partial charge in [0.25, 0.3) is 11.8 Å². The summed E-state index contributed by atoms with van der Waals surface area (Å²) in [5.74, 6) is -0.589. The highest BCUT2D eigenvalue weighted by atomic mass is 35.5. The minimum absolute atomic E-state index is 0.159. The molecule has 0 unspecified atom stereocenters. The average molecular weight is 485 g/mol. The lowest BCUT2D eigenvalue weighted by Crippen LogP contribution is -2.35. The number of hydrogen-bond donors (Lipinski definition) is 0. The highest BCUT2D eigenvalue weighted by Gasteiger charge is 2.38. The van der Waals surface area contributed by atoms with Gasteiger partial charge in [0.05, 0.1) is 34.8 Å². The van der Waals surface area contributed by atoms with Crippen LogP contribution in [0, 0.1) is 13.8 Å². The average Bonchev–Trinajstić information content (AvgIpc) is 3.20. The van der Waals surface area contributed by atoms with Crippen LogP contribution in [-0.4, -0.2) is 40.7 Å². The van der Waals surface area contributed by atoms with E-state index >= 15 is 0 Å². The number of halogens is 2. The van der Waals surface area contributed by atoms with Gasteiger partial charge in [-0.2, -0.15) is 0 Å². The van der Waals surface area contributed by atoms with E-state index in [0.717, 1.165) is 34.0 Å². The number of Topliss-reactive ketones (excluding diaryl/α,β-unsaturated/α-hetero) is 1. The van der Waals surface area contributed by atoms with Crippen molar-refractivity contribution in [1.29, 1.82) is 0 Å². The molecule has 0 fully saturated rings. The first kappa shape index (κ1) is 23.1. The first-order valence-electron chi connectivity index (χ1n) is 10.4. The molecule has 2 amide bonds. The van der Waals surface area contributed by atoms with Gasteiger partial charge in [-0.25, -0.2) is 0 Å². The summed E-state index contributed by atoms with van der Waals surface area (Å²) in [5, 5.41) is 0.371. The molecule has 1 aliphatic rings. The van der Waals surface area contributed by atoms with Crippen molar-refractivity contribution in [3.8, 4) is 5.75 Å². The third-order valence-corrected chi connectivity index (χ3v) is 6.69. The summed E-state index contributed by atoms with van der Waals surface area (Å²) in [5.41, 5.74) is 3.70. The Morgan fingerprint density at radius 2 is 1.52 bits per heavy atom. The normalized spacial score (nSPS) is 12.9. The first-order chi connectivity index (χ1) is 15.7. The maximum atomic E-state index is 13.1. The Kier molecular flexibility index (Phi) is 6.32. The highest BCUT2D eigenvalue weighted by Crippen LogP contribution is 2.31. The van der Waals surface area contributed by atoms with Crippen LogP contribution >= 0.6 is 23.2 Å². The van der Waals surface area contributed by atoms with Crippen LogP contribution in [-0.2, 0) is 13.0 Å². The molecule has 0 radical (unpaired) electrons. The van der Waals surface area contributed by atoms with Crippen molar-refractivity contribution in [1.82, 2.24) is 9.47 Å². The molecule has 0 saturated carbocycles. The molecular weight excluding hydrogens is 463 g/mol. The van der Waals surface area contributed by atoms with Gasteiger partial charge in [0, 0.05) is 23.5 Å². The zero-order valence-corrected chi connectivity index (χ0v) is 20.0. The molecule has 2 aromatic carbocycles. The predicted molar refractivity (Wildman–Crippen MR) is 127 cm³/mol. The maximum Gasteiger partial charge on any atom is 0.262 e.